The van der Waals surface area contributed by atoms with Crippen molar-refractivity contribution in [1.29, 1.82) is 0 Å². The van der Waals surface area contributed by atoms with Crippen molar-refractivity contribution in [2.24, 2.45) is 5.92 Å². The number of sulfonamides is 1. The normalized spacial score (nSPS) is 24.0. The van der Waals surface area contributed by atoms with Crippen LogP contribution in [0.15, 0.2) is 29.7 Å². The zero-order valence-electron chi connectivity index (χ0n) is 8.70. The molecule has 0 radical (unpaired) electrons. The van der Waals surface area contributed by atoms with Gasteiger partial charge in [-0.25, -0.2) is 18.1 Å². The molecule has 2 unspecified atom stereocenters. The number of carbonyl (C=O) groups is 1. The number of rotatable bonds is 4. The first-order valence-electron chi connectivity index (χ1n) is 4.91. The molecule has 92 valence electrons. The van der Waals surface area contributed by atoms with Crippen LogP contribution in [0.5, 0.6) is 0 Å². The Labute approximate surface area is 97.6 Å². The third-order valence-corrected chi connectivity index (χ3v) is 3.89. The van der Waals surface area contributed by atoms with Gasteiger partial charge in [0, 0.05) is 6.04 Å². The topological polar surface area (TPSA) is 112 Å². The molecule has 2 rings (SSSR count). The maximum Gasteiger partial charge on any atom is 0.310 e. The van der Waals surface area contributed by atoms with Crippen molar-refractivity contribution in [3.8, 4) is 0 Å². The van der Waals surface area contributed by atoms with Crippen molar-refractivity contribution in [2.75, 3.05) is 0 Å². The van der Waals surface area contributed by atoms with Gasteiger partial charge in [0.25, 0.3) is 10.0 Å². The largest absolute Gasteiger partial charge is 0.481 e. The van der Waals surface area contributed by atoms with E-state index in [1.807, 2.05) is 0 Å². The molecule has 0 saturated heterocycles. The molecule has 7 nitrogen and oxygen atoms in total. The summed E-state index contributed by atoms with van der Waals surface area (Å²) in [7, 11) is -3.66. The maximum atomic E-state index is 11.8. The van der Waals surface area contributed by atoms with Crippen molar-refractivity contribution in [1.82, 2.24) is 14.7 Å². The quantitative estimate of drug-likeness (QED) is 0.642. The average molecular weight is 257 g/mol. The number of aromatic amines is 1. The maximum absolute atomic E-state index is 11.8. The number of aromatic nitrogens is 2. The van der Waals surface area contributed by atoms with Gasteiger partial charge in [0.1, 0.15) is 0 Å². The highest BCUT2D eigenvalue weighted by Gasteiger charge is 2.28. The van der Waals surface area contributed by atoms with Gasteiger partial charge < -0.3 is 10.1 Å². The van der Waals surface area contributed by atoms with Gasteiger partial charge in [0.05, 0.1) is 18.4 Å². The van der Waals surface area contributed by atoms with Crippen LogP contribution in [0.3, 0.4) is 0 Å². The zero-order valence-corrected chi connectivity index (χ0v) is 9.52. The smallest absolute Gasteiger partial charge is 0.310 e. The Hall–Kier alpha value is -1.67. The van der Waals surface area contributed by atoms with E-state index in [0.717, 1.165) is 0 Å². The molecular formula is C9H11N3O4S. The number of hydrogen-bond acceptors (Lipinski definition) is 4. The van der Waals surface area contributed by atoms with E-state index in [9.17, 15) is 13.2 Å². The third-order valence-electron chi connectivity index (χ3n) is 2.47. The lowest BCUT2D eigenvalue weighted by Gasteiger charge is -2.11. The Morgan fingerprint density at radius 1 is 1.53 bits per heavy atom. The number of nitrogens with one attached hydrogen (secondary N) is 2. The van der Waals surface area contributed by atoms with Gasteiger partial charge >= 0.3 is 5.97 Å². The molecule has 0 amide bonds. The highest BCUT2D eigenvalue weighted by molar-refractivity contribution is 7.89. The van der Waals surface area contributed by atoms with Crippen molar-refractivity contribution >= 4 is 16.0 Å². The Bertz CT molecular complexity index is 535. The molecule has 3 N–H and O–H groups in total. The number of hydrogen-bond donors (Lipinski definition) is 3. The summed E-state index contributed by atoms with van der Waals surface area (Å²) in [5.41, 5.74) is 0. The molecule has 1 aliphatic carbocycles. The Morgan fingerprint density at radius 2 is 2.29 bits per heavy atom. The van der Waals surface area contributed by atoms with Crippen LogP contribution < -0.4 is 4.72 Å². The molecular weight excluding hydrogens is 246 g/mol. The second kappa shape index (κ2) is 4.30. The molecule has 1 aromatic rings. The third kappa shape index (κ3) is 2.53. The first kappa shape index (κ1) is 11.8. The van der Waals surface area contributed by atoms with Crippen LogP contribution in [0.2, 0.25) is 0 Å². The van der Waals surface area contributed by atoms with Crippen LogP contribution in [0.25, 0.3) is 0 Å². The fourth-order valence-corrected chi connectivity index (χ4v) is 2.73. The van der Waals surface area contributed by atoms with Crippen LogP contribution in [-0.2, 0) is 14.8 Å². The number of aliphatic carboxylic acids is 1. The molecule has 0 saturated carbocycles. The van der Waals surface area contributed by atoms with Gasteiger partial charge in [-0.2, -0.15) is 0 Å². The fraction of sp³-hybridized carbons (Fsp3) is 0.333. The van der Waals surface area contributed by atoms with Gasteiger partial charge in [-0.1, -0.05) is 12.2 Å². The summed E-state index contributed by atoms with van der Waals surface area (Å²) in [5.74, 6) is -1.59. The van der Waals surface area contributed by atoms with Gasteiger partial charge in [0.15, 0.2) is 5.03 Å². The minimum Gasteiger partial charge on any atom is -0.481 e. The molecule has 1 aromatic heterocycles. The van der Waals surface area contributed by atoms with Crippen molar-refractivity contribution in [2.45, 2.75) is 17.5 Å². The average Bonchev–Trinajstić information content (AvgIpc) is 2.85. The van der Waals surface area contributed by atoms with Gasteiger partial charge in [-0.3, -0.25) is 4.79 Å². The lowest BCUT2D eigenvalue weighted by atomic mass is 10.1. The van der Waals surface area contributed by atoms with Crippen molar-refractivity contribution in [3.05, 3.63) is 24.7 Å². The highest BCUT2D eigenvalue weighted by Crippen LogP contribution is 2.19. The number of imidazole rings is 1. The first-order valence-corrected chi connectivity index (χ1v) is 6.39. The number of H-pyrrole nitrogens is 1. The lowest BCUT2D eigenvalue weighted by molar-refractivity contribution is -0.140. The van der Waals surface area contributed by atoms with Crippen molar-refractivity contribution < 1.29 is 18.3 Å². The molecule has 0 aromatic carbocycles. The van der Waals surface area contributed by atoms with Crippen LogP contribution in [0.4, 0.5) is 0 Å². The summed E-state index contributed by atoms with van der Waals surface area (Å²) in [4.78, 5) is 16.8. The SMILES string of the molecule is O=C(O)C1C=CC(NS(=O)(=O)c2cnc[nH]2)C1. The Morgan fingerprint density at radius 3 is 2.82 bits per heavy atom. The van der Waals surface area contributed by atoms with E-state index in [4.69, 9.17) is 5.11 Å². The van der Waals surface area contributed by atoms with Gasteiger partial charge in [-0.05, 0) is 6.42 Å². The molecule has 1 heterocycles. The Balaban J connectivity index is 2.05. The van der Waals surface area contributed by atoms with E-state index in [0.29, 0.717) is 0 Å². The van der Waals surface area contributed by atoms with E-state index in [2.05, 4.69) is 14.7 Å². The molecule has 0 fully saturated rings. The fourth-order valence-electron chi connectivity index (χ4n) is 1.62. The Kier molecular flexibility index (Phi) is 2.99. The van der Waals surface area contributed by atoms with E-state index in [1.165, 1.54) is 18.6 Å². The summed E-state index contributed by atoms with van der Waals surface area (Å²) < 4.78 is 25.9. The summed E-state index contributed by atoms with van der Waals surface area (Å²) in [6.07, 6.45) is 5.71. The van der Waals surface area contributed by atoms with Crippen molar-refractivity contribution in [3.63, 3.8) is 0 Å². The molecule has 8 heteroatoms. The molecule has 0 bridgehead atoms. The van der Waals surface area contributed by atoms with Crippen LogP contribution in [-0.4, -0.2) is 35.5 Å². The standard InChI is InChI=1S/C9H11N3O4S/c13-9(14)6-1-2-7(3-6)12-17(15,16)8-4-10-5-11-8/h1-2,4-7,12H,3H2,(H,10,11)(H,13,14). The van der Waals surface area contributed by atoms with Gasteiger partial charge in [0.2, 0.25) is 0 Å². The number of nitrogens with zero attached hydrogens (tertiary/aromatic N) is 1. The second-order valence-corrected chi connectivity index (χ2v) is 5.39. The monoisotopic (exact) mass is 257 g/mol. The predicted molar refractivity (Wildman–Crippen MR) is 57.6 cm³/mol. The van der Waals surface area contributed by atoms with E-state index < -0.39 is 28.0 Å². The van der Waals surface area contributed by atoms with E-state index in [-0.39, 0.29) is 11.4 Å². The van der Waals surface area contributed by atoms with Crippen LogP contribution in [0, 0.1) is 5.92 Å². The number of carboxylic acid groups (broad SMARTS) is 1. The number of carboxylic acids is 1. The minimum atomic E-state index is -3.66. The van der Waals surface area contributed by atoms with E-state index >= 15 is 0 Å². The molecule has 2 atom stereocenters. The molecule has 17 heavy (non-hydrogen) atoms. The second-order valence-electron chi connectivity index (χ2n) is 3.71. The summed E-state index contributed by atoms with van der Waals surface area (Å²) in [6.45, 7) is 0. The summed E-state index contributed by atoms with van der Waals surface area (Å²) >= 11 is 0. The summed E-state index contributed by atoms with van der Waals surface area (Å²) in [5, 5.41) is 8.73. The molecule has 0 aliphatic heterocycles. The van der Waals surface area contributed by atoms with Crippen LogP contribution >= 0.6 is 0 Å². The van der Waals surface area contributed by atoms with Crippen LogP contribution in [0.1, 0.15) is 6.42 Å². The minimum absolute atomic E-state index is 0.0373. The first-order chi connectivity index (χ1) is 7.99. The lowest BCUT2D eigenvalue weighted by Crippen LogP contribution is -2.33. The van der Waals surface area contributed by atoms with E-state index in [1.54, 1.807) is 6.08 Å². The zero-order chi connectivity index (χ0) is 12.5. The molecule has 1 aliphatic rings. The van der Waals surface area contributed by atoms with Gasteiger partial charge in [-0.15, -0.1) is 0 Å². The predicted octanol–water partition coefficient (Wildman–Crippen LogP) is -0.283. The highest BCUT2D eigenvalue weighted by atomic mass is 32.2. The molecule has 0 spiro atoms. The summed E-state index contributed by atoms with van der Waals surface area (Å²) in [6, 6.07) is -0.496.